The molecule has 9 rings (SSSR count). The van der Waals surface area contributed by atoms with Crippen molar-refractivity contribution in [3.05, 3.63) is 151 Å². The van der Waals surface area contributed by atoms with Crippen LogP contribution in [0.25, 0.3) is 78.0 Å². The van der Waals surface area contributed by atoms with E-state index in [4.69, 9.17) is 24.7 Å². The molecule has 3 aromatic heterocycles. The molecule has 0 radical (unpaired) electrons. The summed E-state index contributed by atoms with van der Waals surface area (Å²) in [6.45, 7) is 0. The number of hydrogen-bond donors (Lipinski definition) is 0. The molecule has 6 aromatic carbocycles. The van der Waals surface area contributed by atoms with E-state index >= 15 is 0 Å². The average molecular weight is 584 g/mol. The third kappa shape index (κ3) is 3.69. The van der Waals surface area contributed by atoms with Gasteiger partial charge in [-0.3, -0.25) is 4.57 Å². The van der Waals surface area contributed by atoms with Crippen LogP contribution >= 0.6 is 0 Å². The Labute approximate surface area is 281 Å². The molecule has 9 aromatic rings. The Morgan fingerprint density at radius 1 is 0.432 bits per heavy atom. The predicted octanol–water partition coefficient (Wildman–Crippen LogP) is 9.40. The summed E-state index contributed by atoms with van der Waals surface area (Å²) in [4.78, 5) is 13.9. The van der Waals surface area contributed by atoms with Crippen LogP contribution in [0.15, 0.2) is 151 Å². The maximum Gasteiger partial charge on any atom is 0.238 e. The molecule has 0 aliphatic carbocycles. The van der Waals surface area contributed by atoms with E-state index in [0.29, 0.717) is 0 Å². The second-order valence-corrected chi connectivity index (χ2v) is 9.44. The van der Waals surface area contributed by atoms with Gasteiger partial charge in [0.25, 0.3) is 0 Å². The number of para-hydroxylation sites is 5. The molecule has 0 fully saturated rings. The van der Waals surface area contributed by atoms with Gasteiger partial charge in [0, 0.05) is 32.7 Å². The van der Waals surface area contributed by atoms with Crippen LogP contribution in [0.1, 0.15) is 27.4 Å². The van der Waals surface area contributed by atoms with Crippen molar-refractivity contribution in [3.8, 4) is 34.4 Å². The first-order valence-corrected chi connectivity index (χ1v) is 13.1. The molecule has 44 heavy (non-hydrogen) atoms. The van der Waals surface area contributed by atoms with Crippen LogP contribution in [0.4, 0.5) is 0 Å². The zero-order valence-corrected chi connectivity index (χ0v) is 22.1. The van der Waals surface area contributed by atoms with Gasteiger partial charge in [-0.25, -0.2) is 4.98 Å². The molecule has 0 bridgehead atoms. The molecule has 5 heteroatoms. The van der Waals surface area contributed by atoms with Crippen LogP contribution < -0.4 is 0 Å². The summed E-state index contributed by atoms with van der Waals surface area (Å²) < 4.78 is 178. The van der Waals surface area contributed by atoms with Crippen molar-refractivity contribution < 1.29 is 27.4 Å². The Morgan fingerprint density at radius 2 is 0.886 bits per heavy atom. The van der Waals surface area contributed by atoms with E-state index in [1.807, 2.05) is 0 Å². The summed E-state index contributed by atoms with van der Waals surface area (Å²) in [6.07, 6.45) is 0. The lowest BCUT2D eigenvalue weighted by molar-refractivity contribution is 0.951. The molecule has 0 N–H and O–H groups in total. The molecular formula is C39H25N5. The Hall–Kier alpha value is -6.07. The number of aromatic nitrogens is 5. The quantitative estimate of drug-likeness (QED) is 0.207. The first-order chi connectivity index (χ1) is 30.1. The van der Waals surface area contributed by atoms with Gasteiger partial charge in [0.15, 0.2) is 11.6 Å². The molecule has 0 saturated carbocycles. The first kappa shape index (κ1) is 11.9. The van der Waals surface area contributed by atoms with Gasteiger partial charge in [0.1, 0.15) is 0 Å². The SMILES string of the molecule is [2H]c1c([2H])c([2H])c(-n2c3c([2H])c([2H])c([2H])c([2H])c3c3c([2H])c([2H])c([2H])c([2H])c32)c(-c2nc(-c3ccccc3)nc(-n3c4c([2H])c([2H])c([2H])c([2H])c4c4c([2H])c([2H])c([2H])c([2H])c43)n2)c1[2H]. The molecule has 0 amide bonds. The van der Waals surface area contributed by atoms with Crippen LogP contribution in [0, 0.1) is 0 Å². The molecule has 3 heterocycles. The summed E-state index contributed by atoms with van der Waals surface area (Å²) in [5.74, 6) is -1.37. The maximum absolute atomic E-state index is 9.37. The Kier molecular flexibility index (Phi) is 2.64. The van der Waals surface area contributed by atoms with E-state index in [2.05, 4.69) is 15.0 Å². The minimum absolute atomic E-state index is 0.221. The zero-order valence-electron chi connectivity index (χ0n) is 42.1. The summed E-state index contributed by atoms with van der Waals surface area (Å²) in [5, 5.41) is -1.40. The minimum Gasteiger partial charge on any atom is -0.309 e. The Bertz CT molecular complexity index is 3470. The lowest BCUT2D eigenvalue weighted by Crippen LogP contribution is -2.07. The molecule has 206 valence electrons. The fraction of sp³-hybridized carbons (Fsp3) is 0. The molecule has 0 unspecified atom stereocenters. The van der Waals surface area contributed by atoms with Crippen molar-refractivity contribution >= 4 is 43.6 Å². The second-order valence-electron chi connectivity index (χ2n) is 9.44. The largest absolute Gasteiger partial charge is 0.309 e. The van der Waals surface area contributed by atoms with E-state index in [-0.39, 0.29) is 44.0 Å². The Morgan fingerprint density at radius 3 is 1.45 bits per heavy atom. The van der Waals surface area contributed by atoms with Crippen LogP contribution in [0.2, 0.25) is 0 Å². The van der Waals surface area contributed by atoms with Crippen LogP contribution in [-0.2, 0) is 0 Å². The van der Waals surface area contributed by atoms with Crippen molar-refractivity contribution in [1.29, 1.82) is 0 Å². The van der Waals surface area contributed by atoms with Gasteiger partial charge in [-0.1, -0.05) is 115 Å². The number of fused-ring (bicyclic) bond motifs is 6. The smallest absolute Gasteiger partial charge is 0.238 e. The third-order valence-electron chi connectivity index (χ3n) is 7.04. The van der Waals surface area contributed by atoms with Crippen LogP contribution in [0.3, 0.4) is 0 Å². The van der Waals surface area contributed by atoms with E-state index < -0.39 is 155 Å². The molecule has 0 aliphatic rings. The van der Waals surface area contributed by atoms with E-state index in [1.54, 1.807) is 30.3 Å². The van der Waals surface area contributed by atoms with Gasteiger partial charge < -0.3 is 4.57 Å². The van der Waals surface area contributed by atoms with E-state index in [9.17, 15) is 2.74 Å². The summed E-state index contributed by atoms with van der Waals surface area (Å²) in [6, 6.07) is -7.03. The zero-order chi connectivity index (χ0) is 46.4. The van der Waals surface area contributed by atoms with Crippen molar-refractivity contribution in [3.63, 3.8) is 0 Å². The molecule has 5 nitrogen and oxygen atoms in total. The minimum atomic E-state index is -0.868. The van der Waals surface area contributed by atoms with Crippen molar-refractivity contribution in [1.82, 2.24) is 24.1 Å². The van der Waals surface area contributed by atoms with Crippen LogP contribution in [-0.4, -0.2) is 24.1 Å². The van der Waals surface area contributed by atoms with Gasteiger partial charge in [-0.15, -0.1) is 0 Å². The maximum atomic E-state index is 9.37. The topological polar surface area (TPSA) is 48.5 Å². The number of rotatable bonds is 4. The monoisotopic (exact) mass is 583 g/mol. The highest BCUT2D eigenvalue weighted by Gasteiger charge is 2.20. The van der Waals surface area contributed by atoms with Gasteiger partial charge in [-0.05, 0) is 36.3 Å². The fourth-order valence-corrected chi connectivity index (χ4v) is 5.19. The fourth-order valence-electron chi connectivity index (χ4n) is 5.19. The summed E-state index contributed by atoms with van der Waals surface area (Å²) in [7, 11) is 0. The predicted molar refractivity (Wildman–Crippen MR) is 179 cm³/mol. The number of hydrogen-bond acceptors (Lipinski definition) is 3. The van der Waals surface area contributed by atoms with Gasteiger partial charge in [-0.2, -0.15) is 9.97 Å². The van der Waals surface area contributed by atoms with Gasteiger partial charge in [0.05, 0.1) is 55.2 Å². The summed E-state index contributed by atoms with van der Waals surface area (Å²) in [5.41, 5.74) is -2.67. The van der Waals surface area contributed by atoms with E-state index in [1.165, 1.54) is 0 Å². The molecule has 0 saturated heterocycles. The Balaban J connectivity index is 1.55. The van der Waals surface area contributed by atoms with Crippen molar-refractivity contribution in [2.45, 2.75) is 0 Å². The molecule has 0 spiro atoms. The van der Waals surface area contributed by atoms with Crippen molar-refractivity contribution in [2.75, 3.05) is 0 Å². The van der Waals surface area contributed by atoms with Gasteiger partial charge >= 0.3 is 0 Å². The average Bonchev–Trinajstić information content (AvgIpc) is 3.84. The normalized spacial score (nSPS) is 18.0. The number of nitrogens with zero attached hydrogens (tertiary/aromatic N) is 5. The highest BCUT2D eigenvalue weighted by Crippen LogP contribution is 2.36. The first-order valence-electron chi connectivity index (χ1n) is 23.1. The third-order valence-corrected chi connectivity index (χ3v) is 7.04. The van der Waals surface area contributed by atoms with Gasteiger partial charge in [0.2, 0.25) is 5.95 Å². The summed E-state index contributed by atoms with van der Waals surface area (Å²) >= 11 is 0. The number of benzene rings is 6. The molecule has 0 aliphatic heterocycles. The lowest BCUT2D eigenvalue weighted by Gasteiger charge is -2.15. The second kappa shape index (κ2) is 9.75. The van der Waals surface area contributed by atoms with Crippen LogP contribution in [0.5, 0.6) is 0 Å². The highest BCUT2D eigenvalue weighted by atomic mass is 15.2. The van der Waals surface area contributed by atoms with E-state index in [0.717, 1.165) is 9.13 Å². The van der Waals surface area contributed by atoms with Crippen molar-refractivity contribution in [2.24, 2.45) is 0 Å². The lowest BCUT2D eigenvalue weighted by atomic mass is 10.1. The molecule has 0 atom stereocenters. The molecular weight excluding hydrogens is 538 g/mol. The highest BCUT2D eigenvalue weighted by molar-refractivity contribution is 6.10. The standard InChI is InChI=1S/C39H25N5/c1-2-14-26(15-3-1)37-40-38(42-39(41-37)44-34-23-11-6-18-29(34)30-19-7-12-24-35(30)44)31-20-8-13-25-36(31)43-32-21-9-4-16-27(32)28-17-5-10-22-33(28)43/h1-25H/i4D,5D,6D,7D,8D,9D,10D,11D,12D,13D,16D,17D,18D,19D,20D,21D,22D,23D,24D,25D.